The van der Waals surface area contributed by atoms with Crippen LogP contribution in [0.4, 0.5) is 0 Å². The van der Waals surface area contributed by atoms with E-state index in [0.29, 0.717) is 0 Å². The molecule has 0 aliphatic rings. The maximum Gasteiger partial charge on any atom is -0.0184 e. The van der Waals surface area contributed by atoms with Gasteiger partial charge in [0.25, 0.3) is 0 Å². The summed E-state index contributed by atoms with van der Waals surface area (Å²) in [6, 6.07) is 19.0. The molecule has 0 aliphatic carbocycles. The Balaban J connectivity index is 0.000000509. The fourth-order valence-electron chi connectivity index (χ4n) is 1.38. The van der Waals surface area contributed by atoms with E-state index in [2.05, 4.69) is 69.3 Å². The van der Waals surface area contributed by atoms with E-state index in [9.17, 15) is 0 Å². The van der Waals surface area contributed by atoms with Crippen molar-refractivity contribution >= 4 is 0 Å². The third kappa shape index (κ3) is 6.24. The Labute approximate surface area is 113 Å². The molecule has 98 valence electrons. The first-order valence-corrected chi connectivity index (χ1v) is 6.90. The predicted octanol–water partition coefficient (Wildman–Crippen LogP) is 6.10. The summed E-state index contributed by atoms with van der Waals surface area (Å²) in [4.78, 5) is 0. The first kappa shape index (κ1) is 16.4. The van der Waals surface area contributed by atoms with Crippen LogP contribution in [0.3, 0.4) is 0 Å². The molecule has 0 unspecified atom stereocenters. The molecule has 2 aromatic rings. The lowest BCUT2D eigenvalue weighted by Crippen LogP contribution is -1.76. The zero-order valence-corrected chi connectivity index (χ0v) is 12.4. The molecule has 0 saturated carbocycles. The highest BCUT2D eigenvalue weighted by Crippen LogP contribution is 2.18. The number of hydrogen-bond acceptors (Lipinski definition) is 0. The van der Waals surface area contributed by atoms with E-state index in [0.717, 1.165) is 0 Å². The molecule has 2 aromatic carbocycles. The zero-order chi connectivity index (χ0) is 13.8. The van der Waals surface area contributed by atoms with E-state index >= 15 is 0 Å². The Bertz CT molecular complexity index is 384. The summed E-state index contributed by atoms with van der Waals surface area (Å²) in [6.45, 7) is 10.4. The van der Waals surface area contributed by atoms with Gasteiger partial charge in [-0.2, -0.15) is 0 Å². The summed E-state index contributed by atoms with van der Waals surface area (Å²) in [5.74, 6) is 0. The Morgan fingerprint density at radius 3 is 1.50 bits per heavy atom. The number of hydrogen-bond donors (Lipinski definition) is 0. The summed E-state index contributed by atoms with van der Waals surface area (Å²) in [6.07, 6.45) is 1.25. The van der Waals surface area contributed by atoms with E-state index < -0.39 is 0 Å². The van der Waals surface area contributed by atoms with Crippen LogP contribution in [-0.2, 0) is 0 Å². The van der Waals surface area contributed by atoms with Gasteiger partial charge in [0.1, 0.15) is 0 Å². The Morgan fingerprint density at radius 2 is 1.06 bits per heavy atom. The van der Waals surface area contributed by atoms with Crippen molar-refractivity contribution in [3.63, 3.8) is 0 Å². The molecular formula is C18H26. The molecular weight excluding hydrogens is 216 g/mol. The van der Waals surface area contributed by atoms with Gasteiger partial charge in [0, 0.05) is 0 Å². The first-order valence-electron chi connectivity index (χ1n) is 6.90. The molecule has 2 rings (SSSR count). The molecule has 18 heavy (non-hydrogen) atoms. The highest BCUT2D eigenvalue weighted by Gasteiger charge is 1.93. The summed E-state index contributed by atoms with van der Waals surface area (Å²) >= 11 is 0. The molecule has 0 radical (unpaired) electrons. The van der Waals surface area contributed by atoms with Crippen molar-refractivity contribution in [1.82, 2.24) is 0 Å². The second-order valence-electron chi connectivity index (χ2n) is 3.94. The second-order valence-corrected chi connectivity index (χ2v) is 3.94. The summed E-state index contributed by atoms with van der Waals surface area (Å²) in [5, 5.41) is 0. The molecule has 0 atom stereocenters. The average molecular weight is 242 g/mol. The van der Waals surface area contributed by atoms with Crippen LogP contribution < -0.4 is 0 Å². The summed E-state index contributed by atoms with van der Waals surface area (Å²) in [5.41, 5.74) is 3.87. The molecule has 0 heterocycles. The minimum Gasteiger partial charge on any atom is -0.0683 e. The molecule has 0 spiro atoms. The largest absolute Gasteiger partial charge is 0.0683 e. The van der Waals surface area contributed by atoms with E-state index in [4.69, 9.17) is 0 Å². The van der Waals surface area contributed by atoms with Gasteiger partial charge in [-0.15, -0.1) is 0 Å². The fourth-order valence-corrected chi connectivity index (χ4v) is 1.38. The van der Waals surface area contributed by atoms with E-state index in [1.165, 1.54) is 23.1 Å². The Kier molecular flexibility index (Phi) is 9.67. The number of rotatable bonds is 1. The minimum atomic E-state index is 1.25. The molecule has 0 amide bonds. The fraction of sp³-hybridized carbons (Fsp3) is 0.333. The topological polar surface area (TPSA) is 0 Å². The van der Waals surface area contributed by atoms with Gasteiger partial charge >= 0.3 is 0 Å². The second kappa shape index (κ2) is 10.6. The lowest BCUT2D eigenvalue weighted by atomic mass is 10.0. The molecule has 0 bridgehead atoms. The maximum absolute atomic E-state index is 2.16. The lowest BCUT2D eigenvalue weighted by Gasteiger charge is -2.00. The minimum absolute atomic E-state index is 1.25. The van der Waals surface area contributed by atoms with Gasteiger partial charge in [0.2, 0.25) is 0 Å². The standard InChI is InChI=1S/C13H12.C3H8.C2H6/c1-11-7-9-13(10-8-11)12-5-3-2-4-6-12;1-3-2;1-2/h2-10H,1H3;3H2,1-2H3;1-2H3. The van der Waals surface area contributed by atoms with Crippen LogP contribution in [0.15, 0.2) is 54.6 Å². The average Bonchev–Trinajstić information content (AvgIpc) is 2.44. The van der Waals surface area contributed by atoms with Crippen LogP contribution in [0, 0.1) is 6.92 Å². The van der Waals surface area contributed by atoms with Crippen LogP contribution in [0.2, 0.25) is 0 Å². The van der Waals surface area contributed by atoms with Crippen molar-refractivity contribution in [1.29, 1.82) is 0 Å². The monoisotopic (exact) mass is 242 g/mol. The maximum atomic E-state index is 2.16. The summed E-state index contributed by atoms with van der Waals surface area (Å²) in [7, 11) is 0. The van der Waals surface area contributed by atoms with Gasteiger partial charge in [-0.1, -0.05) is 94.3 Å². The van der Waals surface area contributed by atoms with Gasteiger partial charge in [-0.25, -0.2) is 0 Å². The predicted molar refractivity (Wildman–Crippen MR) is 83.9 cm³/mol. The number of aryl methyl sites for hydroxylation is 1. The normalized spacial score (nSPS) is 8.50. The van der Waals surface area contributed by atoms with E-state index in [1.807, 2.05) is 19.9 Å². The third-order valence-electron chi connectivity index (χ3n) is 2.16. The highest BCUT2D eigenvalue weighted by atomic mass is 14.0. The molecule has 0 N–H and O–H groups in total. The first-order chi connectivity index (χ1) is 8.77. The molecule has 0 fully saturated rings. The van der Waals surface area contributed by atoms with E-state index in [-0.39, 0.29) is 0 Å². The Hall–Kier alpha value is -1.56. The van der Waals surface area contributed by atoms with Crippen molar-refractivity contribution in [2.45, 2.75) is 41.0 Å². The van der Waals surface area contributed by atoms with Crippen molar-refractivity contribution in [3.05, 3.63) is 60.2 Å². The molecule has 0 saturated heterocycles. The quantitative estimate of drug-likeness (QED) is 0.566. The van der Waals surface area contributed by atoms with Gasteiger partial charge in [0.15, 0.2) is 0 Å². The van der Waals surface area contributed by atoms with Crippen molar-refractivity contribution in [3.8, 4) is 11.1 Å². The van der Waals surface area contributed by atoms with Gasteiger partial charge in [0.05, 0.1) is 0 Å². The zero-order valence-electron chi connectivity index (χ0n) is 12.4. The lowest BCUT2D eigenvalue weighted by molar-refractivity contribution is 1.09. The SMILES string of the molecule is CC.CCC.Cc1ccc(-c2ccccc2)cc1. The van der Waals surface area contributed by atoms with Crippen LogP contribution in [0.1, 0.15) is 39.7 Å². The van der Waals surface area contributed by atoms with Crippen LogP contribution >= 0.6 is 0 Å². The highest BCUT2D eigenvalue weighted by molar-refractivity contribution is 5.63. The number of benzene rings is 2. The Morgan fingerprint density at radius 1 is 0.667 bits per heavy atom. The van der Waals surface area contributed by atoms with Crippen molar-refractivity contribution < 1.29 is 0 Å². The summed E-state index contributed by atoms with van der Waals surface area (Å²) < 4.78 is 0. The smallest absolute Gasteiger partial charge is 0.0184 e. The van der Waals surface area contributed by atoms with Gasteiger partial charge in [-0.3, -0.25) is 0 Å². The van der Waals surface area contributed by atoms with Crippen molar-refractivity contribution in [2.75, 3.05) is 0 Å². The molecule has 0 aromatic heterocycles. The molecule has 0 aliphatic heterocycles. The van der Waals surface area contributed by atoms with E-state index in [1.54, 1.807) is 0 Å². The third-order valence-corrected chi connectivity index (χ3v) is 2.16. The van der Waals surface area contributed by atoms with Gasteiger partial charge < -0.3 is 0 Å². The van der Waals surface area contributed by atoms with Crippen LogP contribution in [-0.4, -0.2) is 0 Å². The molecule has 0 heteroatoms. The van der Waals surface area contributed by atoms with Crippen LogP contribution in [0.5, 0.6) is 0 Å². The molecule has 0 nitrogen and oxygen atoms in total. The van der Waals surface area contributed by atoms with Crippen LogP contribution in [0.25, 0.3) is 11.1 Å². The van der Waals surface area contributed by atoms with Crippen molar-refractivity contribution in [2.24, 2.45) is 0 Å². The van der Waals surface area contributed by atoms with Gasteiger partial charge in [-0.05, 0) is 18.1 Å².